The van der Waals surface area contributed by atoms with Gasteiger partial charge in [-0.3, -0.25) is 19.4 Å². The van der Waals surface area contributed by atoms with E-state index in [0.29, 0.717) is 37.6 Å². The van der Waals surface area contributed by atoms with Crippen molar-refractivity contribution >= 4 is 23.1 Å². The van der Waals surface area contributed by atoms with Gasteiger partial charge in [0, 0.05) is 31.9 Å². The second-order valence-corrected chi connectivity index (χ2v) is 10.2. The molecule has 0 bridgehead atoms. The summed E-state index contributed by atoms with van der Waals surface area (Å²) >= 11 is 0. The molecule has 0 saturated carbocycles. The topological polar surface area (TPSA) is 61.9 Å². The Hall–Kier alpha value is -2.96. The average molecular weight is 462 g/mol. The zero-order valence-corrected chi connectivity index (χ0v) is 20.9. The smallest absolute Gasteiger partial charge is 0.278 e. The Kier molecular flexibility index (Phi) is 6.91. The van der Waals surface area contributed by atoms with Gasteiger partial charge in [0.1, 0.15) is 5.70 Å². The minimum Gasteiger partial charge on any atom is -0.379 e. The summed E-state index contributed by atoms with van der Waals surface area (Å²) in [5.74, 6) is -0.512. The number of ether oxygens (including phenoxy) is 1. The highest BCUT2D eigenvalue weighted by Gasteiger charge is 2.39. The van der Waals surface area contributed by atoms with Crippen LogP contribution in [0.25, 0.3) is 5.57 Å². The van der Waals surface area contributed by atoms with Crippen molar-refractivity contribution in [1.82, 2.24) is 9.80 Å². The first-order valence-corrected chi connectivity index (χ1v) is 12.0. The number of rotatable bonds is 6. The van der Waals surface area contributed by atoms with Gasteiger partial charge in [-0.15, -0.1) is 0 Å². The van der Waals surface area contributed by atoms with Crippen LogP contribution in [-0.4, -0.2) is 61.0 Å². The first kappa shape index (κ1) is 24.2. The molecule has 0 unspecified atom stereocenters. The molecule has 2 amide bonds. The lowest BCUT2D eigenvalue weighted by Gasteiger charge is -2.28. The molecule has 2 heterocycles. The van der Waals surface area contributed by atoms with E-state index in [1.165, 1.54) is 10.5 Å². The summed E-state index contributed by atoms with van der Waals surface area (Å²) in [5, 5.41) is 3.28. The van der Waals surface area contributed by atoms with Crippen LogP contribution in [0, 0.1) is 13.8 Å². The second-order valence-electron chi connectivity index (χ2n) is 10.2. The third-order valence-electron chi connectivity index (χ3n) is 6.73. The Balaban J connectivity index is 1.64. The summed E-state index contributed by atoms with van der Waals surface area (Å²) < 4.78 is 5.41. The first-order valence-electron chi connectivity index (χ1n) is 12.0. The summed E-state index contributed by atoms with van der Waals surface area (Å²) in [6, 6.07) is 14.0. The molecular weight excluding hydrogens is 426 g/mol. The van der Waals surface area contributed by atoms with E-state index in [-0.39, 0.29) is 17.2 Å². The predicted molar refractivity (Wildman–Crippen MR) is 136 cm³/mol. The number of nitrogens with zero attached hydrogens (tertiary/aromatic N) is 2. The number of nitrogens with one attached hydrogen (secondary N) is 1. The lowest BCUT2D eigenvalue weighted by Crippen LogP contribution is -2.43. The number of hydrogen-bond donors (Lipinski definition) is 1. The fourth-order valence-corrected chi connectivity index (χ4v) is 4.32. The van der Waals surface area contributed by atoms with E-state index in [9.17, 15) is 9.59 Å². The summed E-state index contributed by atoms with van der Waals surface area (Å²) in [7, 11) is 0. The molecule has 6 heteroatoms. The molecule has 2 aliphatic rings. The Bertz CT molecular complexity index is 1110. The Morgan fingerprint density at radius 2 is 1.56 bits per heavy atom. The molecule has 0 aromatic heterocycles. The number of morpholine rings is 1. The third kappa shape index (κ3) is 5.08. The van der Waals surface area contributed by atoms with E-state index in [1.54, 1.807) is 0 Å². The molecule has 2 aromatic rings. The van der Waals surface area contributed by atoms with Crippen molar-refractivity contribution in [2.75, 3.05) is 44.7 Å². The molecule has 0 spiro atoms. The fraction of sp³-hybridized carbons (Fsp3) is 0.429. The predicted octanol–water partition coefficient (Wildman–Crippen LogP) is 4.13. The maximum atomic E-state index is 13.5. The van der Waals surface area contributed by atoms with Gasteiger partial charge < -0.3 is 10.1 Å². The van der Waals surface area contributed by atoms with E-state index in [4.69, 9.17) is 4.74 Å². The number of aryl methyl sites for hydroxylation is 2. The zero-order valence-electron chi connectivity index (χ0n) is 20.9. The van der Waals surface area contributed by atoms with Crippen LogP contribution in [0.15, 0.2) is 48.2 Å². The van der Waals surface area contributed by atoms with Crippen LogP contribution < -0.4 is 5.32 Å². The van der Waals surface area contributed by atoms with E-state index in [1.807, 2.05) is 44.2 Å². The van der Waals surface area contributed by atoms with Crippen LogP contribution in [0.2, 0.25) is 0 Å². The largest absolute Gasteiger partial charge is 0.379 e. The maximum absolute atomic E-state index is 13.5. The molecule has 0 aliphatic carbocycles. The van der Waals surface area contributed by atoms with Crippen molar-refractivity contribution in [2.24, 2.45) is 0 Å². The number of carbonyl (C=O) groups is 2. The SMILES string of the molecule is Cc1ccc(C2=C(Nc3ccc(C(C)(C)C)cc3)C(=O)N(CCN3CCOCC3)C2=O)cc1C. The highest BCUT2D eigenvalue weighted by atomic mass is 16.5. The van der Waals surface area contributed by atoms with Crippen molar-refractivity contribution in [3.63, 3.8) is 0 Å². The normalized spacial score (nSPS) is 17.6. The first-order chi connectivity index (χ1) is 16.1. The molecule has 1 saturated heterocycles. The molecule has 1 fully saturated rings. The number of benzene rings is 2. The van der Waals surface area contributed by atoms with Gasteiger partial charge in [0.15, 0.2) is 0 Å². The minimum absolute atomic E-state index is 0.0395. The van der Waals surface area contributed by atoms with Crippen molar-refractivity contribution in [3.05, 3.63) is 70.4 Å². The molecular formula is C28H35N3O3. The standard InChI is InChI=1S/C28H35N3O3/c1-19-6-7-21(18-20(19)2)24-25(29-23-10-8-22(9-11-23)28(3,4)5)27(33)31(26(24)32)13-12-30-14-16-34-17-15-30/h6-11,18,29H,12-17H2,1-5H3. The van der Waals surface area contributed by atoms with E-state index in [0.717, 1.165) is 35.5 Å². The van der Waals surface area contributed by atoms with Crippen molar-refractivity contribution in [1.29, 1.82) is 0 Å². The summed E-state index contributed by atoms with van der Waals surface area (Å²) in [5.41, 5.74) is 5.84. The van der Waals surface area contributed by atoms with Crippen LogP contribution in [0.5, 0.6) is 0 Å². The number of anilines is 1. The van der Waals surface area contributed by atoms with Crippen LogP contribution in [0.1, 0.15) is 43.0 Å². The molecule has 0 radical (unpaired) electrons. The Morgan fingerprint density at radius 1 is 0.882 bits per heavy atom. The van der Waals surface area contributed by atoms with Crippen LogP contribution in [0.3, 0.4) is 0 Å². The lowest BCUT2D eigenvalue weighted by molar-refractivity contribution is -0.137. The summed E-state index contributed by atoms with van der Waals surface area (Å²) in [6.07, 6.45) is 0. The molecule has 2 aliphatic heterocycles. The second kappa shape index (κ2) is 9.72. The zero-order chi connectivity index (χ0) is 24.5. The highest BCUT2D eigenvalue weighted by molar-refractivity contribution is 6.36. The Labute approximate surface area is 202 Å². The van der Waals surface area contributed by atoms with Crippen molar-refractivity contribution in [2.45, 2.75) is 40.0 Å². The van der Waals surface area contributed by atoms with Gasteiger partial charge in [-0.1, -0.05) is 51.1 Å². The van der Waals surface area contributed by atoms with Crippen LogP contribution >= 0.6 is 0 Å². The van der Waals surface area contributed by atoms with Gasteiger partial charge in [0.2, 0.25) is 0 Å². The quantitative estimate of drug-likeness (QED) is 0.656. The molecule has 4 rings (SSSR count). The number of carbonyl (C=O) groups excluding carboxylic acids is 2. The van der Waals surface area contributed by atoms with Gasteiger partial charge >= 0.3 is 0 Å². The van der Waals surface area contributed by atoms with Gasteiger partial charge in [0.25, 0.3) is 11.8 Å². The molecule has 34 heavy (non-hydrogen) atoms. The molecule has 2 aromatic carbocycles. The highest BCUT2D eigenvalue weighted by Crippen LogP contribution is 2.32. The summed E-state index contributed by atoms with van der Waals surface area (Å²) in [6.45, 7) is 14.6. The minimum atomic E-state index is -0.272. The van der Waals surface area contributed by atoms with Crippen LogP contribution in [0.4, 0.5) is 5.69 Å². The van der Waals surface area contributed by atoms with Crippen molar-refractivity contribution < 1.29 is 14.3 Å². The van der Waals surface area contributed by atoms with E-state index in [2.05, 4.69) is 43.1 Å². The molecule has 1 N–H and O–H groups in total. The molecule has 180 valence electrons. The molecule has 0 atom stereocenters. The van der Waals surface area contributed by atoms with Gasteiger partial charge in [0.05, 0.1) is 18.8 Å². The number of imide groups is 1. The average Bonchev–Trinajstić information content (AvgIpc) is 3.03. The van der Waals surface area contributed by atoms with E-state index < -0.39 is 0 Å². The van der Waals surface area contributed by atoms with E-state index >= 15 is 0 Å². The molecule has 6 nitrogen and oxygen atoms in total. The number of amides is 2. The van der Waals surface area contributed by atoms with Gasteiger partial charge in [-0.2, -0.15) is 0 Å². The fourth-order valence-electron chi connectivity index (χ4n) is 4.32. The van der Waals surface area contributed by atoms with Gasteiger partial charge in [-0.05, 0) is 53.6 Å². The number of hydrogen-bond acceptors (Lipinski definition) is 5. The summed E-state index contributed by atoms with van der Waals surface area (Å²) in [4.78, 5) is 30.6. The van der Waals surface area contributed by atoms with Crippen LogP contribution in [-0.2, 0) is 19.7 Å². The third-order valence-corrected chi connectivity index (χ3v) is 6.73. The van der Waals surface area contributed by atoms with Gasteiger partial charge in [-0.25, -0.2) is 0 Å². The Morgan fingerprint density at radius 3 is 2.18 bits per heavy atom. The van der Waals surface area contributed by atoms with Crippen molar-refractivity contribution in [3.8, 4) is 0 Å². The maximum Gasteiger partial charge on any atom is 0.278 e. The lowest BCUT2D eigenvalue weighted by atomic mass is 9.87. The monoisotopic (exact) mass is 461 g/mol.